The lowest BCUT2D eigenvalue weighted by Crippen LogP contribution is -2.31. The van der Waals surface area contributed by atoms with Crippen LogP contribution in [0, 0.1) is 0 Å². The SMILES string of the molecule is COCCC(N)C(=O)CCc1cnn(C)c1. The average molecular weight is 225 g/mol. The molecule has 0 fully saturated rings. The van der Waals surface area contributed by atoms with E-state index in [1.165, 1.54) is 0 Å². The van der Waals surface area contributed by atoms with Crippen molar-refractivity contribution in [3.63, 3.8) is 0 Å². The van der Waals surface area contributed by atoms with Crippen molar-refractivity contribution in [3.8, 4) is 0 Å². The predicted molar refractivity (Wildman–Crippen MR) is 61.0 cm³/mol. The van der Waals surface area contributed by atoms with Gasteiger partial charge in [0.15, 0.2) is 0 Å². The molecule has 1 rings (SSSR count). The number of aryl methyl sites for hydroxylation is 2. The van der Waals surface area contributed by atoms with Crippen LogP contribution < -0.4 is 5.73 Å². The van der Waals surface area contributed by atoms with Gasteiger partial charge >= 0.3 is 0 Å². The quantitative estimate of drug-likeness (QED) is 0.724. The Hall–Kier alpha value is -1.20. The number of ether oxygens (including phenoxy) is 1. The summed E-state index contributed by atoms with van der Waals surface area (Å²) in [6.45, 7) is 0.528. The van der Waals surface area contributed by atoms with Crippen molar-refractivity contribution in [2.24, 2.45) is 12.8 Å². The fourth-order valence-electron chi connectivity index (χ4n) is 1.46. The molecule has 0 saturated heterocycles. The fraction of sp³-hybridized carbons (Fsp3) is 0.636. The lowest BCUT2D eigenvalue weighted by Gasteiger charge is -2.08. The zero-order valence-corrected chi connectivity index (χ0v) is 9.85. The highest BCUT2D eigenvalue weighted by atomic mass is 16.5. The van der Waals surface area contributed by atoms with E-state index < -0.39 is 6.04 Å². The second-order valence-electron chi connectivity index (χ2n) is 3.88. The van der Waals surface area contributed by atoms with Crippen LogP contribution in [0.1, 0.15) is 18.4 Å². The van der Waals surface area contributed by atoms with Gasteiger partial charge in [0.25, 0.3) is 0 Å². The molecule has 2 N–H and O–H groups in total. The third-order valence-electron chi connectivity index (χ3n) is 2.46. The van der Waals surface area contributed by atoms with Gasteiger partial charge in [-0.1, -0.05) is 0 Å². The number of carbonyl (C=O) groups excluding carboxylic acids is 1. The van der Waals surface area contributed by atoms with Gasteiger partial charge in [0.2, 0.25) is 0 Å². The van der Waals surface area contributed by atoms with E-state index in [1.807, 2.05) is 13.2 Å². The first-order chi connectivity index (χ1) is 7.63. The number of nitrogens with zero attached hydrogens (tertiary/aromatic N) is 2. The molecule has 0 bridgehead atoms. The van der Waals surface area contributed by atoms with Gasteiger partial charge < -0.3 is 10.5 Å². The molecule has 1 aromatic rings. The van der Waals surface area contributed by atoms with Crippen LogP contribution >= 0.6 is 0 Å². The minimum atomic E-state index is -0.406. The number of methoxy groups -OCH3 is 1. The highest BCUT2D eigenvalue weighted by Gasteiger charge is 2.13. The highest BCUT2D eigenvalue weighted by Crippen LogP contribution is 2.04. The number of hydrogen-bond acceptors (Lipinski definition) is 4. The maximum atomic E-state index is 11.6. The van der Waals surface area contributed by atoms with Gasteiger partial charge in [0, 0.05) is 33.4 Å². The van der Waals surface area contributed by atoms with Crippen LogP contribution in [0.3, 0.4) is 0 Å². The molecule has 0 spiro atoms. The molecule has 0 aliphatic rings. The van der Waals surface area contributed by atoms with Crippen LogP contribution in [0.2, 0.25) is 0 Å². The molecule has 0 radical (unpaired) electrons. The molecular weight excluding hydrogens is 206 g/mol. The Labute approximate surface area is 95.6 Å². The molecule has 1 heterocycles. The van der Waals surface area contributed by atoms with E-state index in [1.54, 1.807) is 18.0 Å². The predicted octanol–water partition coefficient (Wildman–Crippen LogP) is 0.286. The van der Waals surface area contributed by atoms with Gasteiger partial charge in [-0.05, 0) is 18.4 Å². The summed E-state index contributed by atoms with van der Waals surface area (Å²) in [7, 11) is 3.46. The van der Waals surface area contributed by atoms with Gasteiger partial charge in [-0.15, -0.1) is 0 Å². The molecule has 1 atom stereocenters. The number of nitrogens with two attached hydrogens (primary N) is 1. The van der Waals surface area contributed by atoms with Gasteiger partial charge in [-0.3, -0.25) is 9.48 Å². The molecule has 0 saturated carbocycles. The average Bonchev–Trinajstić information content (AvgIpc) is 2.68. The van der Waals surface area contributed by atoms with Gasteiger partial charge in [0.05, 0.1) is 12.2 Å². The largest absolute Gasteiger partial charge is 0.385 e. The molecule has 0 aromatic carbocycles. The topological polar surface area (TPSA) is 70.1 Å². The molecule has 1 aromatic heterocycles. The summed E-state index contributed by atoms with van der Waals surface area (Å²) in [5, 5.41) is 4.04. The Kier molecular flexibility index (Phi) is 5.14. The van der Waals surface area contributed by atoms with Crippen molar-refractivity contribution >= 4 is 5.78 Å². The maximum Gasteiger partial charge on any atom is 0.149 e. The number of aromatic nitrogens is 2. The summed E-state index contributed by atoms with van der Waals surface area (Å²) >= 11 is 0. The maximum absolute atomic E-state index is 11.6. The van der Waals surface area contributed by atoms with Crippen molar-refractivity contribution in [1.82, 2.24) is 9.78 Å². The Bertz CT molecular complexity index is 336. The second kappa shape index (κ2) is 6.40. The van der Waals surface area contributed by atoms with Crippen molar-refractivity contribution in [3.05, 3.63) is 18.0 Å². The van der Waals surface area contributed by atoms with E-state index >= 15 is 0 Å². The van der Waals surface area contributed by atoms with Crippen molar-refractivity contribution in [2.45, 2.75) is 25.3 Å². The molecule has 90 valence electrons. The Balaban J connectivity index is 2.29. The van der Waals surface area contributed by atoms with E-state index in [9.17, 15) is 4.79 Å². The van der Waals surface area contributed by atoms with Crippen molar-refractivity contribution in [1.29, 1.82) is 0 Å². The highest BCUT2D eigenvalue weighted by molar-refractivity contribution is 5.83. The first-order valence-electron chi connectivity index (χ1n) is 5.38. The van der Waals surface area contributed by atoms with Crippen LogP contribution in [-0.4, -0.2) is 35.3 Å². The number of rotatable bonds is 7. The van der Waals surface area contributed by atoms with Gasteiger partial charge in [0.1, 0.15) is 5.78 Å². The lowest BCUT2D eigenvalue weighted by atomic mass is 10.0. The Morgan fingerprint density at radius 1 is 1.69 bits per heavy atom. The van der Waals surface area contributed by atoms with Crippen LogP contribution in [0.4, 0.5) is 0 Å². The third kappa shape index (κ3) is 4.12. The summed E-state index contributed by atoms with van der Waals surface area (Å²) in [4.78, 5) is 11.6. The number of hydrogen-bond donors (Lipinski definition) is 1. The van der Waals surface area contributed by atoms with E-state index in [0.717, 1.165) is 5.56 Å². The molecule has 0 amide bonds. The van der Waals surface area contributed by atoms with Crippen LogP contribution in [0.25, 0.3) is 0 Å². The van der Waals surface area contributed by atoms with E-state index in [0.29, 0.717) is 25.9 Å². The number of carbonyl (C=O) groups is 1. The number of ketones is 1. The van der Waals surface area contributed by atoms with E-state index in [2.05, 4.69) is 5.10 Å². The number of Topliss-reactive ketones (excluding diaryl/α,β-unsaturated/α-hetero) is 1. The molecule has 1 unspecified atom stereocenters. The monoisotopic (exact) mass is 225 g/mol. The third-order valence-corrected chi connectivity index (χ3v) is 2.46. The molecular formula is C11H19N3O2. The normalized spacial score (nSPS) is 12.7. The summed E-state index contributed by atoms with van der Waals surface area (Å²) in [6, 6.07) is -0.406. The second-order valence-corrected chi connectivity index (χ2v) is 3.88. The Morgan fingerprint density at radius 3 is 3.00 bits per heavy atom. The van der Waals surface area contributed by atoms with Gasteiger partial charge in [-0.25, -0.2) is 0 Å². The summed E-state index contributed by atoms with van der Waals surface area (Å²) in [6.07, 6.45) is 5.44. The fourth-order valence-corrected chi connectivity index (χ4v) is 1.46. The molecule has 0 aliphatic carbocycles. The molecule has 5 heteroatoms. The van der Waals surface area contributed by atoms with E-state index in [-0.39, 0.29) is 5.78 Å². The van der Waals surface area contributed by atoms with Crippen LogP contribution in [0.5, 0.6) is 0 Å². The van der Waals surface area contributed by atoms with E-state index in [4.69, 9.17) is 10.5 Å². The zero-order chi connectivity index (χ0) is 12.0. The zero-order valence-electron chi connectivity index (χ0n) is 9.85. The van der Waals surface area contributed by atoms with Crippen LogP contribution in [0.15, 0.2) is 12.4 Å². The lowest BCUT2D eigenvalue weighted by molar-refractivity contribution is -0.120. The summed E-state index contributed by atoms with van der Waals surface area (Å²) in [5.41, 5.74) is 6.79. The smallest absolute Gasteiger partial charge is 0.149 e. The minimum Gasteiger partial charge on any atom is -0.385 e. The van der Waals surface area contributed by atoms with Crippen LogP contribution in [-0.2, 0) is 23.0 Å². The Morgan fingerprint density at radius 2 is 2.44 bits per heavy atom. The standard InChI is InChI=1S/C11H19N3O2/c1-14-8-9(7-13-14)3-4-11(15)10(12)5-6-16-2/h7-8,10H,3-6,12H2,1-2H3. The van der Waals surface area contributed by atoms with Gasteiger partial charge in [-0.2, -0.15) is 5.10 Å². The summed E-state index contributed by atoms with van der Waals surface area (Å²) in [5.74, 6) is 0.0842. The van der Waals surface area contributed by atoms with Crippen molar-refractivity contribution < 1.29 is 9.53 Å². The minimum absolute atomic E-state index is 0.0842. The first kappa shape index (κ1) is 12.9. The molecule has 0 aliphatic heterocycles. The van der Waals surface area contributed by atoms with Crippen molar-refractivity contribution in [2.75, 3.05) is 13.7 Å². The summed E-state index contributed by atoms with van der Waals surface area (Å²) < 4.78 is 6.61. The molecule has 16 heavy (non-hydrogen) atoms. The first-order valence-corrected chi connectivity index (χ1v) is 5.38. The molecule has 5 nitrogen and oxygen atoms in total.